The summed E-state index contributed by atoms with van der Waals surface area (Å²) in [5, 5.41) is 8.99. The number of carboxylic acid groups (broad SMARTS) is 1. The number of rotatable bonds is 4. The topological polar surface area (TPSA) is 46.1 Å². The van der Waals surface area contributed by atoms with Crippen LogP contribution < -0.4 is 4.57 Å². The Morgan fingerprint density at radius 3 is 2.65 bits per heavy atom. The van der Waals surface area contributed by atoms with Gasteiger partial charge in [-0.2, -0.15) is 0 Å². The molecule has 0 saturated carbocycles. The Labute approximate surface area is 99.8 Å². The van der Waals surface area contributed by atoms with Gasteiger partial charge in [-0.25, -0.2) is 9.13 Å². The van der Waals surface area contributed by atoms with E-state index in [0.29, 0.717) is 0 Å². The fraction of sp³-hybridized carbons (Fsp3) is 0.231. The molecule has 0 fully saturated rings. The highest BCUT2D eigenvalue weighted by atomic mass is 16.4. The van der Waals surface area contributed by atoms with E-state index in [1.54, 1.807) is 0 Å². The van der Waals surface area contributed by atoms with E-state index in [-0.39, 0.29) is 12.5 Å². The van der Waals surface area contributed by atoms with Gasteiger partial charge in [0.2, 0.25) is 6.33 Å². The van der Waals surface area contributed by atoms with Gasteiger partial charge in [0.25, 0.3) is 0 Å². The first-order valence-corrected chi connectivity index (χ1v) is 5.46. The largest absolute Gasteiger partial charge is 0.481 e. The number of aliphatic carboxylic acids is 1. The Bertz CT molecular complexity index is 505. The fourth-order valence-electron chi connectivity index (χ4n) is 1.89. The van der Waals surface area contributed by atoms with Crippen molar-refractivity contribution in [2.45, 2.75) is 12.5 Å². The van der Waals surface area contributed by atoms with Crippen molar-refractivity contribution in [2.24, 2.45) is 7.05 Å². The zero-order valence-corrected chi connectivity index (χ0v) is 9.65. The molecule has 1 heterocycles. The SMILES string of the molecule is Cn1cc[n+](C(CC(=O)O)c2ccccc2)c1. The van der Waals surface area contributed by atoms with E-state index >= 15 is 0 Å². The Kier molecular flexibility index (Phi) is 3.23. The van der Waals surface area contributed by atoms with E-state index in [2.05, 4.69) is 0 Å². The Hall–Kier alpha value is -2.10. The number of benzene rings is 1. The summed E-state index contributed by atoms with van der Waals surface area (Å²) in [7, 11) is 1.92. The number of aromatic nitrogens is 2. The van der Waals surface area contributed by atoms with Crippen LogP contribution in [0.1, 0.15) is 18.0 Å². The zero-order chi connectivity index (χ0) is 12.3. The van der Waals surface area contributed by atoms with Crippen molar-refractivity contribution in [3.8, 4) is 0 Å². The van der Waals surface area contributed by atoms with Crippen LogP contribution in [0.4, 0.5) is 0 Å². The zero-order valence-electron chi connectivity index (χ0n) is 9.65. The molecule has 4 heteroatoms. The lowest BCUT2D eigenvalue weighted by atomic mass is 10.0. The predicted molar refractivity (Wildman–Crippen MR) is 62.4 cm³/mol. The van der Waals surface area contributed by atoms with Crippen LogP contribution in [-0.4, -0.2) is 15.6 Å². The van der Waals surface area contributed by atoms with Crippen LogP contribution >= 0.6 is 0 Å². The van der Waals surface area contributed by atoms with Gasteiger partial charge < -0.3 is 5.11 Å². The number of hydrogen-bond donors (Lipinski definition) is 1. The number of nitrogens with zero attached hydrogens (tertiary/aromatic N) is 2. The third-order valence-corrected chi connectivity index (χ3v) is 2.70. The molecular weight excluding hydrogens is 216 g/mol. The summed E-state index contributed by atoms with van der Waals surface area (Å²) in [4.78, 5) is 10.9. The second-order valence-electron chi connectivity index (χ2n) is 4.05. The van der Waals surface area contributed by atoms with Crippen molar-refractivity contribution in [2.75, 3.05) is 0 Å². The van der Waals surface area contributed by atoms with E-state index < -0.39 is 5.97 Å². The minimum absolute atomic E-state index is 0.0820. The average Bonchev–Trinajstić information content (AvgIpc) is 2.73. The van der Waals surface area contributed by atoms with Gasteiger partial charge in [-0.15, -0.1) is 0 Å². The Balaban J connectivity index is 2.35. The van der Waals surface area contributed by atoms with Crippen LogP contribution in [0.25, 0.3) is 0 Å². The maximum atomic E-state index is 10.9. The molecule has 0 aliphatic heterocycles. The summed E-state index contributed by atoms with van der Waals surface area (Å²) in [5.41, 5.74) is 1.01. The van der Waals surface area contributed by atoms with Gasteiger partial charge >= 0.3 is 5.97 Å². The number of carbonyl (C=O) groups is 1. The molecule has 0 spiro atoms. The molecule has 0 aliphatic rings. The van der Waals surface area contributed by atoms with Gasteiger partial charge in [-0.05, 0) is 5.56 Å². The molecular formula is C13H15N2O2+. The first kappa shape index (κ1) is 11.4. The molecule has 0 saturated heterocycles. The quantitative estimate of drug-likeness (QED) is 0.808. The third-order valence-electron chi connectivity index (χ3n) is 2.70. The molecule has 2 aromatic rings. The lowest BCUT2D eigenvalue weighted by molar-refractivity contribution is -0.712. The summed E-state index contributed by atoms with van der Waals surface area (Å²) in [6.07, 6.45) is 5.76. The minimum Gasteiger partial charge on any atom is -0.481 e. The van der Waals surface area contributed by atoms with Gasteiger partial charge in [-0.1, -0.05) is 30.3 Å². The highest BCUT2D eigenvalue weighted by Gasteiger charge is 2.21. The second-order valence-corrected chi connectivity index (χ2v) is 4.05. The second kappa shape index (κ2) is 4.82. The summed E-state index contributed by atoms with van der Waals surface area (Å²) < 4.78 is 3.82. The van der Waals surface area contributed by atoms with Crippen LogP contribution in [-0.2, 0) is 11.8 Å². The highest BCUT2D eigenvalue weighted by Crippen LogP contribution is 2.15. The van der Waals surface area contributed by atoms with Gasteiger partial charge in [0, 0.05) is 0 Å². The van der Waals surface area contributed by atoms with E-state index in [0.717, 1.165) is 5.56 Å². The van der Waals surface area contributed by atoms with Crippen LogP contribution in [0.15, 0.2) is 49.1 Å². The molecule has 0 bridgehead atoms. The van der Waals surface area contributed by atoms with Gasteiger partial charge in [0.15, 0.2) is 0 Å². The highest BCUT2D eigenvalue weighted by molar-refractivity contribution is 5.67. The number of carboxylic acids is 1. The average molecular weight is 231 g/mol. The lowest BCUT2D eigenvalue weighted by Gasteiger charge is -2.11. The number of aryl methyl sites for hydroxylation is 1. The molecule has 2 rings (SSSR count). The van der Waals surface area contributed by atoms with Gasteiger partial charge in [0.1, 0.15) is 18.4 Å². The number of imidazole rings is 1. The van der Waals surface area contributed by atoms with Gasteiger partial charge in [-0.3, -0.25) is 4.79 Å². The summed E-state index contributed by atoms with van der Waals surface area (Å²) in [6.45, 7) is 0. The van der Waals surface area contributed by atoms with Crippen LogP contribution in [0.2, 0.25) is 0 Å². The first-order valence-electron chi connectivity index (χ1n) is 5.46. The van der Waals surface area contributed by atoms with Crippen molar-refractivity contribution < 1.29 is 14.5 Å². The van der Waals surface area contributed by atoms with Crippen LogP contribution in [0, 0.1) is 0 Å². The van der Waals surface area contributed by atoms with Crippen molar-refractivity contribution in [3.63, 3.8) is 0 Å². The maximum Gasteiger partial charge on any atom is 0.308 e. The Morgan fingerprint density at radius 1 is 1.41 bits per heavy atom. The van der Waals surface area contributed by atoms with E-state index in [1.165, 1.54) is 0 Å². The van der Waals surface area contributed by atoms with Crippen molar-refractivity contribution in [1.82, 2.24) is 4.57 Å². The van der Waals surface area contributed by atoms with E-state index in [1.807, 2.05) is 65.2 Å². The van der Waals surface area contributed by atoms with Gasteiger partial charge in [0.05, 0.1) is 13.5 Å². The molecule has 1 unspecified atom stereocenters. The van der Waals surface area contributed by atoms with E-state index in [4.69, 9.17) is 5.11 Å². The Morgan fingerprint density at radius 2 is 2.12 bits per heavy atom. The molecule has 1 aromatic heterocycles. The monoisotopic (exact) mass is 231 g/mol. The van der Waals surface area contributed by atoms with Crippen molar-refractivity contribution in [1.29, 1.82) is 0 Å². The predicted octanol–water partition coefficient (Wildman–Crippen LogP) is 1.38. The van der Waals surface area contributed by atoms with Crippen LogP contribution in [0.5, 0.6) is 0 Å². The summed E-state index contributed by atoms with van der Waals surface area (Å²) in [5.74, 6) is -0.796. The normalized spacial score (nSPS) is 12.3. The van der Waals surface area contributed by atoms with Crippen molar-refractivity contribution >= 4 is 5.97 Å². The molecule has 0 aliphatic carbocycles. The summed E-state index contributed by atoms with van der Waals surface area (Å²) >= 11 is 0. The molecule has 1 aromatic carbocycles. The lowest BCUT2D eigenvalue weighted by Crippen LogP contribution is -2.39. The summed E-state index contributed by atoms with van der Waals surface area (Å²) in [6, 6.07) is 9.52. The van der Waals surface area contributed by atoms with Crippen LogP contribution in [0.3, 0.4) is 0 Å². The molecule has 0 radical (unpaired) electrons. The standard InChI is InChI=1S/C13H14N2O2/c1-14-7-8-15(10-14)12(9-13(16)17)11-5-3-2-4-6-11/h2-8,10,12H,9H2,1H3/p+1. The first-order chi connectivity index (χ1) is 8.16. The molecule has 4 nitrogen and oxygen atoms in total. The number of hydrogen-bond acceptors (Lipinski definition) is 1. The smallest absolute Gasteiger partial charge is 0.308 e. The molecule has 0 amide bonds. The third kappa shape index (κ3) is 2.72. The minimum atomic E-state index is -0.796. The fourth-order valence-corrected chi connectivity index (χ4v) is 1.89. The molecule has 88 valence electrons. The molecule has 1 atom stereocenters. The molecule has 1 N–H and O–H groups in total. The molecule has 17 heavy (non-hydrogen) atoms. The van der Waals surface area contributed by atoms with Crippen molar-refractivity contribution in [3.05, 3.63) is 54.6 Å². The van der Waals surface area contributed by atoms with E-state index in [9.17, 15) is 4.79 Å². The maximum absolute atomic E-state index is 10.9.